The molecular formula is C13H29IOSi. The van der Waals surface area contributed by atoms with Crippen molar-refractivity contribution in [1.82, 2.24) is 0 Å². The Morgan fingerprint density at radius 2 is 1.44 bits per heavy atom. The third-order valence-corrected chi connectivity index (χ3v) is 8.85. The van der Waals surface area contributed by atoms with Gasteiger partial charge in [-0.15, -0.1) is 0 Å². The Balaban J connectivity index is 3.51. The summed E-state index contributed by atoms with van der Waals surface area (Å²) in [4.78, 5) is 0. The van der Waals surface area contributed by atoms with E-state index in [0.29, 0.717) is 5.04 Å². The van der Waals surface area contributed by atoms with Gasteiger partial charge in [0.25, 0.3) is 0 Å². The zero-order chi connectivity index (χ0) is 12.7. The lowest BCUT2D eigenvalue weighted by atomic mass is 10.2. The second-order valence-electron chi connectivity index (χ2n) is 6.07. The topological polar surface area (TPSA) is 9.23 Å². The summed E-state index contributed by atoms with van der Waals surface area (Å²) in [5, 5.41) is 0.355. The molecule has 0 aliphatic heterocycles. The van der Waals surface area contributed by atoms with E-state index in [1.54, 1.807) is 0 Å². The first-order valence-electron chi connectivity index (χ1n) is 6.51. The minimum atomic E-state index is -1.48. The van der Waals surface area contributed by atoms with Gasteiger partial charge in [0, 0.05) is 6.61 Å². The van der Waals surface area contributed by atoms with Crippen molar-refractivity contribution in [3.05, 3.63) is 0 Å². The lowest BCUT2D eigenvalue weighted by Gasteiger charge is -2.36. The molecule has 0 fully saturated rings. The SMILES string of the molecule is CC(C)(C)[Si](C)(C)OCCCCCCCI. The van der Waals surface area contributed by atoms with Crippen LogP contribution in [-0.2, 0) is 4.43 Å². The molecule has 0 N–H and O–H groups in total. The molecule has 0 atom stereocenters. The second kappa shape index (κ2) is 8.09. The molecule has 0 saturated heterocycles. The molecular weight excluding hydrogens is 327 g/mol. The molecule has 0 spiro atoms. The highest BCUT2D eigenvalue weighted by Gasteiger charge is 2.36. The third-order valence-electron chi connectivity index (χ3n) is 3.55. The van der Waals surface area contributed by atoms with Crippen LogP contribution in [0.3, 0.4) is 0 Å². The van der Waals surface area contributed by atoms with E-state index in [1.807, 2.05) is 0 Å². The minimum Gasteiger partial charge on any atom is -0.417 e. The van der Waals surface area contributed by atoms with Crippen LogP contribution in [0.4, 0.5) is 0 Å². The van der Waals surface area contributed by atoms with E-state index in [-0.39, 0.29) is 0 Å². The predicted molar refractivity (Wildman–Crippen MR) is 85.1 cm³/mol. The number of hydrogen-bond acceptors (Lipinski definition) is 1. The van der Waals surface area contributed by atoms with Crippen LogP contribution in [0.1, 0.15) is 52.9 Å². The van der Waals surface area contributed by atoms with Crippen molar-refractivity contribution in [2.24, 2.45) is 0 Å². The summed E-state index contributed by atoms with van der Waals surface area (Å²) in [5.41, 5.74) is 0. The van der Waals surface area contributed by atoms with Gasteiger partial charge in [0.1, 0.15) is 0 Å². The first-order chi connectivity index (χ1) is 7.31. The molecule has 0 heterocycles. The molecule has 0 rings (SSSR count). The highest BCUT2D eigenvalue weighted by molar-refractivity contribution is 14.1. The molecule has 0 aromatic carbocycles. The number of halogens is 1. The Morgan fingerprint density at radius 1 is 0.938 bits per heavy atom. The fourth-order valence-corrected chi connectivity index (χ4v) is 2.90. The van der Waals surface area contributed by atoms with Crippen LogP contribution in [0.15, 0.2) is 0 Å². The van der Waals surface area contributed by atoms with Gasteiger partial charge in [-0.05, 0) is 35.4 Å². The maximum atomic E-state index is 6.14. The standard InChI is InChI=1S/C13H29IOSi/c1-13(2,3)16(4,5)15-12-10-8-6-7-9-11-14/h6-12H2,1-5H3. The van der Waals surface area contributed by atoms with E-state index in [9.17, 15) is 0 Å². The van der Waals surface area contributed by atoms with Crippen molar-refractivity contribution in [2.45, 2.75) is 71.0 Å². The molecule has 0 unspecified atom stereocenters. The fourth-order valence-electron chi connectivity index (χ4n) is 1.27. The summed E-state index contributed by atoms with van der Waals surface area (Å²) in [6.45, 7) is 12.6. The lowest BCUT2D eigenvalue weighted by Crippen LogP contribution is -2.40. The van der Waals surface area contributed by atoms with Crippen molar-refractivity contribution in [2.75, 3.05) is 11.0 Å². The van der Waals surface area contributed by atoms with Crippen LogP contribution in [0.5, 0.6) is 0 Å². The molecule has 0 aromatic rings. The number of unbranched alkanes of at least 4 members (excludes halogenated alkanes) is 4. The highest BCUT2D eigenvalue weighted by atomic mass is 127. The maximum Gasteiger partial charge on any atom is 0.191 e. The Kier molecular flexibility index (Phi) is 8.55. The monoisotopic (exact) mass is 356 g/mol. The zero-order valence-corrected chi connectivity index (χ0v) is 14.9. The van der Waals surface area contributed by atoms with Crippen LogP contribution in [0.2, 0.25) is 18.1 Å². The molecule has 0 aliphatic rings. The number of hydrogen-bond donors (Lipinski definition) is 0. The van der Waals surface area contributed by atoms with Crippen molar-refractivity contribution < 1.29 is 4.43 Å². The first kappa shape index (κ1) is 16.9. The zero-order valence-electron chi connectivity index (χ0n) is 11.7. The van der Waals surface area contributed by atoms with E-state index in [4.69, 9.17) is 4.43 Å². The number of alkyl halides is 1. The van der Waals surface area contributed by atoms with Gasteiger partial charge in [-0.1, -0.05) is 62.6 Å². The molecule has 98 valence electrons. The summed E-state index contributed by atoms with van der Waals surface area (Å²) in [6.07, 6.45) is 6.73. The molecule has 0 saturated carbocycles. The van der Waals surface area contributed by atoms with Crippen LogP contribution in [0, 0.1) is 0 Å². The van der Waals surface area contributed by atoms with Gasteiger partial charge in [-0.2, -0.15) is 0 Å². The minimum absolute atomic E-state index is 0.355. The molecule has 0 aromatic heterocycles. The van der Waals surface area contributed by atoms with Crippen LogP contribution in [-0.4, -0.2) is 19.4 Å². The van der Waals surface area contributed by atoms with Gasteiger partial charge in [-0.3, -0.25) is 0 Å². The van der Waals surface area contributed by atoms with Crippen LogP contribution < -0.4 is 0 Å². The van der Waals surface area contributed by atoms with Crippen molar-refractivity contribution >= 4 is 30.9 Å². The van der Waals surface area contributed by atoms with Gasteiger partial charge in [-0.25, -0.2) is 0 Å². The highest BCUT2D eigenvalue weighted by Crippen LogP contribution is 2.36. The Labute approximate surface area is 117 Å². The maximum absolute atomic E-state index is 6.14. The Morgan fingerprint density at radius 3 is 1.94 bits per heavy atom. The van der Waals surface area contributed by atoms with Crippen LogP contribution >= 0.6 is 22.6 Å². The van der Waals surface area contributed by atoms with E-state index in [2.05, 4.69) is 56.5 Å². The smallest absolute Gasteiger partial charge is 0.191 e. The van der Waals surface area contributed by atoms with Gasteiger partial charge in [0.2, 0.25) is 0 Å². The summed E-state index contributed by atoms with van der Waals surface area (Å²) < 4.78 is 7.44. The predicted octanol–water partition coefficient (Wildman–Crippen LogP) is 5.39. The van der Waals surface area contributed by atoms with E-state index in [0.717, 1.165) is 6.61 Å². The first-order valence-corrected chi connectivity index (χ1v) is 10.9. The summed E-state index contributed by atoms with van der Waals surface area (Å²) in [5.74, 6) is 0. The van der Waals surface area contributed by atoms with Crippen molar-refractivity contribution in [3.63, 3.8) is 0 Å². The van der Waals surface area contributed by atoms with Gasteiger partial charge >= 0.3 is 0 Å². The van der Waals surface area contributed by atoms with E-state index >= 15 is 0 Å². The van der Waals surface area contributed by atoms with Gasteiger partial charge in [0.15, 0.2) is 8.32 Å². The molecule has 16 heavy (non-hydrogen) atoms. The fraction of sp³-hybridized carbons (Fsp3) is 1.00. The van der Waals surface area contributed by atoms with Gasteiger partial charge < -0.3 is 4.43 Å². The summed E-state index contributed by atoms with van der Waals surface area (Å²) >= 11 is 2.46. The average molecular weight is 356 g/mol. The molecule has 3 heteroatoms. The molecule has 0 amide bonds. The quantitative estimate of drug-likeness (QED) is 0.245. The number of rotatable bonds is 8. The Hall–Kier alpha value is 0.907. The molecule has 0 radical (unpaired) electrons. The Bertz CT molecular complexity index is 175. The van der Waals surface area contributed by atoms with Crippen LogP contribution in [0.25, 0.3) is 0 Å². The summed E-state index contributed by atoms with van der Waals surface area (Å²) in [6, 6.07) is 0. The molecule has 1 nitrogen and oxygen atoms in total. The average Bonchev–Trinajstić information content (AvgIpc) is 2.14. The molecule has 0 aliphatic carbocycles. The van der Waals surface area contributed by atoms with Gasteiger partial charge in [0.05, 0.1) is 0 Å². The second-order valence-corrected chi connectivity index (χ2v) is 12.0. The summed E-state index contributed by atoms with van der Waals surface area (Å²) in [7, 11) is -1.48. The van der Waals surface area contributed by atoms with E-state index in [1.165, 1.54) is 36.5 Å². The third kappa shape index (κ3) is 7.28. The van der Waals surface area contributed by atoms with Crippen molar-refractivity contribution in [3.8, 4) is 0 Å². The van der Waals surface area contributed by atoms with Crippen molar-refractivity contribution in [1.29, 1.82) is 0 Å². The normalized spacial score (nSPS) is 13.1. The largest absolute Gasteiger partial charge is 0.417 e. The lowest BCUT2D eigenvalue weighted by molar-refractivity contribution is 0.277. The van der Waals surface area contributed by atoms with E-state index < -0.39 is 8.32 Å². The molecule has 0 bridgehead atoms.